The normalized spacial score (nSPS) is 19.7. The summed E-state index contributed by atoms with van der Waals surface area (Å²) in [5.41, 5.74) is 4.07. The minimum Gasteiger partial charge on any atom is -0.497 e. The van der Waals surface area contributed by atoms with Gasteiger partial charge in [-0.1, -0.05) is 24.3 Å². The number of piperazine rings is 1. The summed E-state index contributed by atoms with van der Waals surface area (Å²) < 4.78 is 18.9. The predicted molar refractivity (Wildman–Crippen MR) is 125 cm³/mol. The number of halogens is 1. The predicted octanol–water partition coefficient (Wildman–Crippen LogP) is 4.34. The molecule has 5 nitrogen and oxygen atoms in total. The van der Waals surface area contributed by atoms with Crippen LogP contribution < -0.4 is 19.9 Å². The van der Waals surface area contributed by atoms with Crippen molar-refractivity contribution in [2.45, 2.75) is 12.5 Å². The van der Waals surface area contributed by atoms with Gasteiger partial charge in [0.15, 0.2) is 0 Å². The highest BCUT2D eigenvalue weighted by Gasteiger charge is 2.41. The first kappa shape index (κ1) is 20.4. The van der Waals surface area contributed by atoms with Gasteiger partial charge in [0.1, 0.15) is 11.6 Å². The maximum Gasteiger partial charge on any atom is 0.229 e. The van der Waals surface area contributed by atoms with Crippen LogP contribution in [0.2, 0.25) is 0 Å². The van der Waals surface area contributed by atoms with Crippen molar-refractivity contribution in [2.75, 3.05) is 41.9 Å². The number of rotatable bonds is 4. The lowest BCUT2D eigenvalue weighted by atomic mass is 9.83. The van der Waals surface area contributed by atoms with Gasteiger partial charge in [-0.25, -0.2) is 4.39 Å². The average molecular weight is 432 g/mol. The first-order valence-electron chi connectivity index (χ1n) is 10.9. The second-order valence-corrected chi connectivity index (χ2v) is 8.34. The minimum absolute atomic E-state index is 0.00267. The fourth-order valence-corrected chi connectivity index (χ4v) is 4.85. The van der Waals surface area contributed by atoms with Crippen LogP contribution in [0.15, 0.2) is 72.8 Å². The van der Waals surface area contributed by atoms with Crippen LogP contribution in [-0.2, 0) is 11.2 Å². The van der Waals surface area contributed by atoms with Crippen molar-refractivity contribution in [3.05, 3.63) is 84.2 Å². The first-order valence-corrected chi connectivity index (χ1v) is 10.9. The van der Waals surface area contributed by atoms with Gasteiger partial charge in [-0.2, -0.15) is 0 Å². The molecule has 32 heavy (non-hydrogen) atoms. The van der Waals surface area contributed by atoms with E-state index < -0.39 is 0 Å². The van der Waals surface area contributed by atoms with Crippen LogP contribution in [0.4, 0.5) is 21.5 Å². The number of carbonyl (C=O) groups excluding carboxylic acids is 1. The number of methoxy groups -OCH3 is 1. The smallest absolute Gasteiger partial charge is 0.229 e. The molecule has 2 heterocycles. The molecule has 1 amide bonds. The summed E-state index contributed by atoms with van der Waals surface area (Å²) in [4.78, 5) is 18.0. The van der Waals surface area contributed by atoms with E-state index in [9.17, 15) is 9.18 Å². The van der Waals surface area contributed by atoms with E-state index in [4.69, 9.17) is 4.74 Å². The Hall–Kier alpha value is -3.54. The average Bonchev–Trinajstić information content (AvgIpc) is 2.84. The summed E-state index contributed by atoms with van der Waals surface area (Å²) in [6, 6.07) is 22.3. The third-order valence-electron chi connectivity index (χ3n) is 6.49. The maximum absolute atomic E-state index is 13.4. The van der Waals surface area contributed by atoms with Crippen LogP contribution >= 0.6 is 0 Å². The van der Waals surface area contributed by atoms with Crippen molar-refractivity contribution >= 4 is 23.0 Å². The zero-order chi connectivity index (χ0) is 22.1. The number of carbonyl (C=O) groups is 1. The van der Waals surface area contributed by atoms with Crippen molar-refractivity contribution in [3.8, 4) is 5.75 Å². The number of nitrogens with zero attached hydrogens (tertiary/aromatic N) is 2. The molecule has 3 aromatic rings. The molecule has 3 aromatic carbocycles. The summed E-state index contributed by atoms with van der Waals surface area (Å²) in [5, 5.41) is 3.10. The number of ether oxygens (including phenoxy) is 1. The molecule has 1 N–H and O–H groups in total. The van der Waals surface area contributed by atoms with E-state index in [2.05, 4.69) is 27.2 Å². The van der Waals surface area contributed by atoms with E-state index in [0.29, 0.717) is 13.0 Å². The van der Waals surface area contributed by atoms with Crippen LogP contribution in [0.3, 0.4) is 0 Å². The molecule has 5 rings (SSSR count). The molecule has 0 saturated carbocycles. The molecule has 0 bridgehead atoms. The highest BCUT2D eigenvalue weighted by Crippen LogP contribution is 2.39. The van der Waals surface area contributed by atoms with E-state index in [-0.39, 0.29) is 23.7 Å². The van der Waals surface area contributed by atoms with Crippen molar-refractivity contribution in [1.29, 1.82) is 0 Å². The first-order chi connectivity index (χ1) is 15.6. The fourth-order valence-electron chi connectivity index (χ4n) is 4.85. The van der Waals surface area contributed by atoms with Crippen LogP contribution in [-0.4, -0.2) is 38.7 Å². The molecule has 2 aliphatic rings. The number of anilines is 3. The molecule has 164 valence electrons. The van der Waals surface area contributed by atoms with Gasteiger partial charge < -0.3 is 19.9 Å². The van der Waals surface area contributed by atoms with Crippen molar-refractivity contribution < 1.29 is 13.9 Å². The largest absolute Gasteiger partial charge is 0.497 e. The van der Waals surface area contributed by atoms with E-state index in [1.54, 1.807) is 7.11 Å². The highest BCUT2D eigenvalue weighted by atomic mass is 19.1. The summed E-state index contributed by atoms with van der Waals surface area (Å²) in [6.07, 6.45) is 0.663. The van der Waals surface area contributed by atoms with Gasteiger partial charge in [-0.15, -0.1) is 0 Å². The summed E-state index contributed by atoms with van der Waals surface area (Å²) in [6.45, 7) is 2.26. The summed E-state index contributed by atoms with van der Waals surface area (Å²) >= 11 is 0. The molecule has 0 radical (unpaired) electrons. The Kier molecular flexibility index (Phi) is 5.43. The lowest BCUT2D eigenvalue weighted by Crippen LogP contribution is -2.60. The van der Waals surface area contributed by atoms with Crippen LogP contribution in [0, 0.1) is 11.7 Å². The Morgan fingerprint density at radius 1 is 1.03 bits per heavy atom. The SMILES string of the molecule is COc1ccc2c(c1)N1CCN(c3ccc(F)cc3)C[C@@H]1[C@@H](C(=O)Nc1ccccc1)C2. The van der Waals surface area contributed by atoms with Crippen molar-refractivity contribution in [3.63, 3.8) is 0 Å². The molecule has 2 atom stereocenters. The van der Waals surface area contributed by atoms with Gasteiger partial charge >= 0.3 is 0 Å². The zero-order valence-corrected chi connectivity index (χ0v) is 18.0. The Balaban J connectivity index is 1.47. The Morgan fingerprint density at radius 3 is 2.56 bits per heavy atom. The number of nitrogens with one attached hydrogen (secondary N) is 1. The molecular weight excluding hydrogens is 405 g/mol. The van der Waals surface area contributed by atoms with E-state index in [0.717, 1.165) is 41.5 Å². The molecule has 0 aliphatic carbocycles. The van der Waals surface area contributed by atoms with Crippen molar-refractivity contribution in [2.24, 2.45) is 5.92 Å². The van der Waals surface area contributed by atoms with Gasteiger partial charge in [0.2, 0.25) is 5.91 Å². The third-order valence-corrected chi connectivity index (χ3v) is 6.49. The molecule has 1 saturated heterocycles. The number of fused-ring (bicyclic) bond motifs is 3. The molecule has 2 aliphatic heterocycles. The van der Waals surface area contributed by atoms with Crippen LogP contribution in [0.1, 0.15) is 5.56 Å². The maximum atomic E-state index is 13.4. The molecule has 6 heteroatoms. The number of hydrogen-bond donors (Lipinski definition) is 1. The third kappa shape index (κ3) is 3.88. The lowest BCUT2D eigenvalue weighted by molar-refractivity contribution is -0.120. The lowest BCUT2D eigenvalue weighted by Gasteiger charge is -2.49. The minimum atomic E-state index is -0.244. The topological polar surface area (TPSA) is 44.8 Å². The number of hydrogen-bond acceptors (Lipinski definition) is 4. The van der Waals surface area contributed by atoms with E-state index >= 15 is 0 Å². The van der Waals surface area contributed by atoms with Gasteiger partial charge in [0, 0.05) is 42.8 Å². The summed E-state index contributed by atoms with van der Waals surface area (Å²) in [7, 11) is 1.67. The van der Waals surface area contributed by atoms with Crippen molar-refractivity contribution in [1.82, 2.24) is 0 Å². The number of para-hydroxylation sites is 1. The van der Waals surface area contributed by atoms with E-state index in [1.807, 2.05) is 48.5 Å². The van der Waals surface area contributed by atoms with Gasteiger partial charge in [0.25, 0.3) is 0 Å². The Morgan fingerprint density at radius 2 is 1.81 bits per heavy atom. The number of benzene rings is 3. The van der Waals surface area contributed by atoms with Crippen LogP contribution in [0.5, 0.6) is 5.75 Å². The Labute approximate surface area is 187 Å². The van der Waals surface area contributed by atoms with E-state index in [1.165, 1.54) is 12.1 Å². The molecule has 0 spiro atoms. The van der Waals surface area contributed by atoms with Gasteiger partial charge in [-0.3, -0.25) is 4.79 Å². The van der Waals surface area contributed by atoms with Gasteiger partial charge in [0.05, 0.1) is 19.1 Å². The molecular formula is C26H26FN3O2. The summed E-state index contributed by atoms with van der Waals surface area (Å²) in [5.74, 6) is 0.384. The second-order valence-electron chi connectivity index (χ2n) is 8.34. The quantitative estimate of drug-likeness (QED) is 0.668. The van der Waals surface area contributed by atoms with Gasteiger partial charge in [-0.05, 0) is 54.4 Å². The fraction of sp³-hybridized carbons (Fsp3) is 0.269. The monoisotopic (exact) mass is 431 g/mol. The molecule has 0 unspecified atom stereocenters. The molecule has 0 aromatic heterocycles. The van der Waals surface area contributed by atoms with Crippen LogP contribution in [0.25, 0.3) is 0 Å². The highest BCUT2D eigenvalue weighted by molar-refractivity contribution is 5.94. The Bertz CT molecular complexity index is 1100. The zero-order valence-electron chi connectivity index (χ0n) is 18.0. The second kappa shape index (κ2) is 8.54. The number of amides is 1. The standard InChI is InChI=1S/C26H26FN3O2/c1-32-22-12-7-18-15-23(26(31)28-20-5-3-2-4-6-20)25-17-29(13-14-30(25)24(18)16-22)21-10-8-19(27)9-11-21/h2-12,16,23,25H,13-15,17H2,1H3,(H,28,31)/t23-,25+/m0/s1. The molecule has 1 fully saturated rings.